The van der Waals surface area contributed by atoms with Gasteiger partial charge in [-0.25, -0.2) is 0 Å². The molecule has 0 radical (unpaired) electrons. The van der Waals surface area contributed by atoms with Gasteiger partial charge in [0.05, 0.1) is 12.2 Å². The standard InChI is InChI=1S/C13H19N3O2/c1-9-6-7-16(15-9)8-13(12(17)18,10-2-3-10)14-11-4-5-11/h6-7,10-11,14H,2-5,8H2,1H3,(H,17,18). The van der Waals surface area contributed by atoms with Gasteiger partial charge >= 0.3 is 5.97 Å². The molecule has 2 aliphatic carbocycles. The number of nitrogens with zero attached hydrogens (tertiary/aromatic N) is 2. The Kier molecular flexibility index (Phi) is 2.66. The third-order valence-electron chi connectivity index (χ3n) is 3.88. The van der Waals surface area contributed by atoms with E-state index >= 15 is 0 Å². The molecule has 18 heavy (non-hydrogen) atoms. The fourth-order valence-corrected chi connectivity index (χ4v) is 2.57. The van der Waals surface area contributed by atoms with E-state index in [0.29, 0.717) is 12.6 Å². The Bertz CT molecular complexity index is 463. The van der Waals surface area contributed by atoms with Gasteiger partial charge in [0.15, 0.2) is 0 Å². The molecule has 3 rings (SSSR count). The zero-order chi connectivity index (χ0) is 12.8. The minimum absolute atomic E-state index is 0.250. The van der Waals surface area contributed by atoms with Crippen molar-refractivity contribution in [2.75, 3.05) is 0 Å². The lowest BCUT2D eigenvalue weighted by Gasteiger charge is -2.31. The molecule has 0 bridgehead atoms. The molecular formula is C13H19N3O2. The van der Waals surface area contributed by atoms with Crippen molar-refractivity contribution >= 4 is 5.97 Å². The van der Waals surface area contributed by atoms with Crippen LogP contribution in [0.15, 0.2) is 12.3 Å². The SMILES string of the molecule is Cc1ccn(CC(NC2CC2)(C(=O)O)C2CC2)n1. The van der Waals surface area contributed by atoms with Crippen LogP contribution in [0.2, 0.25) is 0 Å². The summed E-state index contributed by atoms with van der Waals surface area (Å²) in [5, 5.41) is 17.4. The van der Waals surface area contributed by atoms with Crippen LogP contribution in [-0.4, -0.2) is 32.4 Å². The Labute approximate surface area is 106 Å². The van der Waals surface area contributed by atoms with Crippen molar-refractivity contribution in [2.45, 2.75) is 50.7 Å². The number of aromatic nitrogens is 2. The van der Waals surface area contributed by atoms with E-state index in [2.05, 4.69) is 10.4 Å². The summed E-state index contributed by atoms with van der Waals surface area (Å²) >= 11 is 0. The van der Waals surface area contributed by atoms with Crippen molar-refractivity contribution in [2.24, 2.45) is 5.92 Å². The van der Waals surface area contributed by atoms with Crippen LogP contribution in [0.3, 0.4) is 0 Å². The lowest BCUT2D eigenvalue weighted by atomic mass is 9.93. The van der Waals surface area contributed by atoms with Crippen molar-refractivity contribution in [3.63, 3.8) is 0 Å². The van der Waals surface area contributed by atoms with Gasteiger partial charge in [-0.2, -0.15) is 5.10 Å². The molecule has 0 aliphatic heterocycles. The number of carboxylic acids is 1. The topological polar surface area (TPSA) is 67.2 Å². The van der Waals surface area contributed by atoms with E-state index < -0.39 is 11.5 Å². The molecule has 0 amide bonds. The highest BCUT2D eigenvalue weighted by molar-refractivity contribution is 5.80. The highest BCUT2D eigenvalue weighted by Crippen LogP contribution is 2.42. The van der Waals surface area contributed by atoms with Crippen LogP contribution in [0.1, 0.15) is 31.4 Å². The molecular weight excluding hydrogens is 230 g/mol. The summed E-state index contributed by atoms with van der Waals surface area (Å²) in [5.74, 6) is -0.481. The molecule has 0 spiro atoms. The molecule has 0 aromatic carbocycles. The van der Waals surface area contributed by atoms with Crippen LogP contribution >= 0.6 is 0 Å². The van der Waals surface area contributed by atoms with Gasteiger partial charge in [0.2, 0.25) is 0 Å². The van der Waals surface area contributed by atoms with E-state index in [4.69, 9.17) is 0 Å². The molecule has 98 valence electrons. The molecule has 5 heteroatoms. The predicted octanol–water partition coefficient (Wildman–Crippen LogP) is 1.18. The normalized spacial score (nSPS) is 22.7. The van der Waals surface area contributed by atoms with Gasteiger partial charge in [0, 0.05) is 12.2 Å². The van der Waals surface area contributed by atoms with Crippen molar-refractivity contribution in [1.29, 1.82) is 0 Å². The van der Waals surface area contributed by atoms with E-state index in [1.165, 1.54) is 0 Å². The van der Waals surface area contributed by atoms with Gasteiger partial charge in [-0.15, -0.1) is 0 Å². The lowest BCUT2D eigenvalue weighted by Crippen LogP contribution is -2.58. The second-order valence-electron chi connectivity index (χ2n) is 5.62. The van der Waals surface area contributed by atoms with Gasteiger partial charge in [-0.1, -0.05) is 0 Å². The minimum Gasteiger partial charge on any atom is -0.480 e. The lowest BCUT2D eigenvalue weighted by molar-refractivity contribution is -0.147. The Morgan fingerprint density at radius 2 is 2.28 bits per heavy atom. The number of carbonyl (C=O) groups is 1. The van der Waals surface area contributed by atoms with E-state index in [1.807, 2.05) is 19.2 Å². The number of aliphatic carboxylic acids is 1. The summed E-state index contributed by atoms with van der Waals surface area (Å²) in [6.45, 7) is 2.35. The van der Waals surface area contributed by atoms with Crippen molar-refractivity contribution in [3.05, 3.63) is 18.0 Å². The minimum atomic E-state index is -0.820. The first kappa shape index (κ1) is 11.7. The molecule has 0 saturated heterocycles. The third-order valence-corrected chi connectivity index (χ3v) is 3.88. The number of hydrogen-bond acceptors (Lipinski definition) is 3. The maximum atomic E-state index is 11.8. The largest absolute Gasteiger partial charge is 0.480 e. The van der Waals surface area contributed by atoms with E-state index in [0.717, 1.165) is 31.4 Å². The molecule has 1 aromatic heterocycles. The van der Waals surface area contributed by atoms with Crippen LogP contribution in [0.5, 0.6) is 0 Å². The first-order chi connectivity index (χ1) is 8.60. The maximum Gasteiger partial charge on any atom is 0.326 e. The van der Waals surface area contributed by atoms with Crippen LogP contribution in [0.4, 0.5) is 0 Å². The monoisotopic (exact) mass is 249 g/mol. The molecule has 1 atom stereocenters. The van der Waals surface area contributed by atoms with Crippen LogP contribution in [-0.2, 0) is 11.3 Å². The van der Waals surface area contributed by atoms with Gasteiger partial charge in [0.1, 0.15) is 5.54 Å². The van der Waals surface area contributed by atoms with Gasteiger partial charge in [-0.05, 0) is 44.6 Å². The van der Waals surface area contributed by atoms with E-state index in [9.17, 15) is 9.90 Å². The summed E-state index contributed by atoms with van der Waals surface area (Å²) < 4.78 is 1.76. The second-order valence-corrected chi connectivity index (χ2v) is 5.62. The fraction of sp³-hybridized carbons (Fsp3) is 0.692. The Hall–Kier alpha value is -1.36. The quantitative estimate of drug-likeness (QED) is 0.794. The molecule has 2 N–H and O–H groups in total. The first-order valence-electron chi connectivity index (χ1n) is 6.61. The highest BCUT2D eigenvalue weighted by atomic mass is 16.4. The molecule has 2 saturated carbocycles. The fourth-order valence-electron chi connectivity index (χ4n) is 2.57. The smallest absolute Gasteiger partial charge is 0.326 e. The van der Waals surface area contributed by atoms with E-state index in [1.54, 1.807) is 4.68 Å². The zero-order valence-corrected chi connectivity index (χ0v) is 10.6. The molecule has 1 heterocycles. The maximum absolute atomic E-state index is 11.8. The average Bonchev–Trinajstić information content (AvgIpc) is 3.19. The van der Waals surface area contributed by atoms with Crippen molar-refractivity contribution in [3.8, 4) is 0 Å². The van der Waals surface area contributed by atoms with Gasteiger partial charge in [-0.3, -0.25) is 14.8 Å². The van der Waals surface area contributed by atoms with E-state index in [-0.39, 0.29) is 5.92 Å². The average molecular weight is 249 g/mol. The summed E-state index contributed by atoms with van der Waals surface area (Å²) in [5.41, 5.74) is 0.108. The van der Waals surface area contributed by atoms with Crippen LogP contribution < -0.4 is 5.32 Å². The summed E-state index contributed by atoms with van der Waals surface area (Å²) in [6.07, 6.45) is 6.07. The van der Waals surface area contributed by atoms with Gasteiger partial charge < -0.3 is 5.11 Å². The predicted molar refractivity (Wildman–Crippen MR) is 66.2 cm³/mol. The summed E-state index contributed by atoms with van der Waals surface area (Å²) in [6, 6.07) is 2.30. The molecule has 1 unspecified atom stereocenters. The number of hydrogen-bond donors (Lipinski definition) is 2. The van der Waals surface area contributed by atoms with Crippen LogP contribution in [0.25, 0.3) is 0 Å². The second kappa shape index (κ2) is 4.09. The summed E-state index contributed by atoms with van der Waals surface area (Å²) in [4.78, 5) is 11.8. The summed E-state index contributed by atoms with van der Waals surface area (Å²) in [7, 11) is 0. The molecule has 2 aliphatic rings. The Balaban J connectivity index is 1.84. The van der Waals surface area contributed by atoms with Crippen molar-refractivity contribution < 1.29 is 9.90 Å². The molecule has 2 fully saturated rings. The third kappa shape index (κ3) is 2.14. The number of rotatable bonds is 6. The zero-order valence-electron chi connectivity index (χ0n) is 10.6. The number of aryl methyl sites for hydroxylation is 1. The first-order valence-corrected chi connectivity index (χ1v) is 6.61. The number of carboxylic acid groups (broad SMARTS) is 1. The Morgan fingerprint density at radius 3 is 2.72 bits per heavy atom. The Morgan fingerprint density at radius 1 is 1.56 bits per heavy atom. The molecule has 1 aromatic rings. The molecule has 5 nitrogen and oxygen atoms in total. The van der Waals surface area contributed by atoms with Crippen molar-refractivity contribution in [1.82, 2.24) is 15.1 Å². The van der Waals surface area contributed by atoms with Crippen LogP contribution in [0, 0.1) is 12.8 Å². The highest BCUT2D eigenvalue weighted by Gasteiger charge is 2.53. The van der Waals surface area contributed by atoms with Gasteiger partial charge in [0.25, 0.3) is 0 Å². The number of nitrogens with one attached hydrogen (secondary N) is 1.